The van der Waals surface area contributed by atoms with Crippen molar-refractivity contribution in [2.45, 2.75) is 105 Å². The fourth-order valence-electron chi connectivity index (χ4n) is 5.15. The lowest BCUT2D eigenvalue weighted by atomic mass is 9.81. The van der Waals surface area contributed by atoms with Crippen LogP contribution >= 0.6 is 0 Å². The van der Waals surface area contributed by atoms with Gasteiger partial charge in [0.05, 0.1) is 23.9 Å². The van der Waals surface area contributed by atoms with Crippen molar-refractivity contribution in [3.63, 3.8) is 0 Å². The molecule has 0 amide bonds. The first kappa shape index (κ1) is 30.1. The third-order valence-electron chi connectivity index (χ3n) is 7.25. The number of rotatable bonds is 16. The number of hydrogen-bond acceptors (Lipinski definition) is 5. The van der Waals surface area contributed by atoms with E-state index in [0.717, 1.165) is 61.0 Å². The third kappa shape index (κ3) is 6.96. The fraction of sp³-hybridized carbons (Fsp3) is 0.594. The van der Waals surface area contributed by atoms with Crippen molar-refractivity contribution < 1.29 is 28.8 Å². The Morgan fingerprint density at radius 3 is 1.84 bits per heavy atom. The molecule has 0 bridgehead atoms. The van der Waals surface area contributed by atoms with Gasteiger partial charge in [0.25, 0.3) is 0 Å². The number of unbranched alkanes of at least 4 members (excludes halogenated alkanes) is 3. The summed E-state index contributed by atoms with van der Waals surface area (Å²) >= 11 is 0. The SMILES string of the molecule is CCCCOC(C)c1c2c(c(C(=O)O)c(C(C)OCCCC)c1C(C)OCCCC)Cc1ccccc1O2. The van der Waals surface area contributed by atoms with Gasteiger partial charge in [-0.2, -0.15) is 0 Å². The van der Waals surface area contributed by atoms with Crippen LogP contribution in [0.25, 0.3) is 0 Å². The molecule has 3 rings (SSSR count). The van der Waals surface area contributed by atoms with Gasteiger partial charge in [-0.15, -0.1) is 0 Å². The van der Waals surface area contributed by atoms with Crippen molar-refractivity contribution in [2.24, 2.45) is 0 Å². The summed E-state index contributed by atoms with van der Waals surface area (Å²) in [5, 5.41) is 10.6. The Morgan fingerprint density at radius 1 is 0.816 bits per heavy atom. The van der Waals surface area contributed by atoms with Crippen molar-refractivity contribution in [3.05, 3.63) is 57.6 Å². The van der Waals surface area contributed by atoms with Crippen molar-refractivity contribution >= 4 is 5.97 Å². The van der Waals surface area contributed by atoms with Crippen LogP contribution in [0.4, 0.5) is 0 Å². The number of para-hydroxylation sites is 1. The molecule has 0 aromatic heterocycles. The molecule has 3 atom stereocenters. The number of fused-ring (bicyclic) bond motifs is 2. The van der Waals surface area contributed by atoms with Gasteiger partial charge in [-0.3, -0.25) is 0 Å². The van der Waals surface area contributed by atoms with Crippen molar-refractivity contribution in [1.29, 1.82) is 0 Å². The molecule has 2 aromatic rings. The van der Waals surface area contributed by atoms with Crippen LogP contribution in [0.15, 0.2) is 24.3 Å². The first-order chi connectivity index (χ1) is 18.3. The molecule has 0 fully saturated rings. The Bertz CT molecular complexity index is 1060. The molecule has 1 N–H and O–H groups in total. The van der Waals surface area contributed by atoms with Crippen LogP contribution in [0, 0.1) is 0 Å². The van der Waals surface area contributed by atoms with E-state index in [9.17, 15) is 9.90 Å². The first-order valence-corrected chi connectivity index (χ1v) is 14.4. The Kier molecular flexibility index (Phi) is 11.6. The highest BCUT2D eigenvalue weighted by molar-refractivity contribution is 5.94. The third-order valence-corrected chi connectivity index (χ3v) is 7.25. The predicted octanol–water partition coefficient (Wildman–Crippen LogP) is 8.71. The fourth-order valence-corrected chi connectivity index (χ4v) is 5.15. The number of aromatic carboxylic acids is 1. The second-order valence-corrected chi connectivity index (χ2v) is 10.2. The molecule has 0 saturated carbocycles. The topological polar surface area (TPSA) is 74.2 Å². The Balaban J connectivity index is 2.29. The maximum Gasteiger partial charge on any atom is 0.336 e. The second kappa shape index (κ2) is 14.7. The molecule has 2 aromatic carbocycles. The van der Waals surface area contributed by atoms with E-state index in [4.69, 9.17) is 18.9 Å². The van der Waals surface area contributed by atoms with E-state index in [1.165, 1.54) is 0 Å². The average Bonchev–Trinajstić information content (AvgIpc) is 2.90. The predicted molar refractivity (Wildman–Crippen MR) is 151 cm³/mol. The number of benzene rings is 2. The summed E-state index contributed by atoms with van der Waals surface area (Å²) in [5.74, 6) is 0.373. The van der Waals surface area contributed by atoms with Gasteiger partial charge in [0.15, 0.2) is 0 Å². The average molecular weight is 527 g/mol. The number of carboxylic acids is 1. The molecule has 1 heterocycles. The van der Waals surface area contributed by atoms with Crippen LogP contribution in [0.2, 0.25) is 0 Å². The minimum Gasteiger partial charge on any atom is -0.478 e. The monoisotopic (exact) mass is 526 g/mol. The van der Waals surface area contributed by atoms with Crippen LogP contribution in [0.1, 0.15) is 137 Å². The van der Waals surface area contributed by atoms with E-state index < -0.39 is 12.1 Å². The highest BCUT2D eigenvalue weighted by Gasteiger charge is 2.37. The number of hydrogen-bond donors (Lipinski definition) is 1. The molecule has 6 nitrogen and oxygen atoms in total. The van der Waals surface area contributed by atoms with Gasteiger partial charge in [-0.25, -0.2) is 4.79 Å². The largest absolute Gasteiger partial charge is 0.478 e. The molecule has 3 unspecified atom stereocenters. The Hall–Kier alpha value is -2.41. The molecule has 0 radical (unpaired) electrons. The summed E-state index contributed by atoms with van der Waals surface area (Å²) in [4.78, 5) is 13.0. The lowest BCUT2D eigenvalue weighted by Gasteiger charge is -2.34. The summed E-state index contributed by atoms with van der Waals surface area (Å²) in [6.07, 6.45) is 5.23. The van der Waals surface area contributed by atoms with Crippen molar-refractivity contribution in [3.8, 4) is 11.5 Å². The summed E-state index contributed by atoms with van der Waals surface area (Å²) in [6.45, 7) is 14.2. The molecule has 6 heteroatoms. The smallest absolute Gasteiger partial charge is 0.336 e. The van der Waals surface area contributed by atoms with Crippen LogP contribution in [0.3, 0.4) is 0 Å². The Morgan fingerprint density at radius 2 is 1.32 bits per heavy atom. The van der Waals surface area contributed by atoms with Gasteiger partial charge < -0.3 is 24.1 Å². The lowest BCUT2D eigenvalue weighted by Crippen LogP contribution is -2.23. The van der Waals surface area contributed by atoms with E-state index in [-0.39, 0.29) is 17.8 Å². The lowest BCUT2D eigenvalue weighted by molar-refractivity contribution is 0.0367. The molecular weight excluding hydrogens is 480 g/mol. The summed E-state index contributed by atoms with van der Waals surface area (Å²) in [7, 11) is 0. The first-order valence-electron chi connectivity index (χ1n) is 14.4. The van der Waals surface area contributed by atoms with Gasteiger partial charge >= 0.3 is 5.97 Å². The minimum atomic E-state index is -0.974. The zero-order valence-electron chi connectivity index (χ0n) is 24.1. The van der Waals surface area contributed by atoms with Crippen LogP contribution in [-0.4, -0.2) is 30.9 Å². The molecule has 0 spiro atoms. The van der Waals surface area contributed by atoms with Gasteiger partial charge in [-0.05, 0) is 57.2 Å². The summed E-state index contributed by atoms with van der Waals surface area (Å²) in [6, 6.07) is 7.84. The van der Waals surface area contributed by atoms with E-state index in [1.807, 2.05) is 45.0 Å². The zero-order valence-corrected chi connectivity index (χ0v) is 24.1. The number of carbonyl (C=O) groups is 1. The van der Waals surface area contributed by atoms with Crippen LogP contribution < -0.4 is 4.74 Å². The normalized spacial score (nSPS) is 14.8. The maximum absolute atomic E-state index is 13.0. The standard InChI is InChI=1S/C32H46O6/c1-7-10-17-35-21(4)27-28(22(5)36-18-11-8-2)30(32(33)34)25-20-24-15-13-14-16-26(24)38-31(25)29(27)23(6)37-19-12-9-3/h13-16,21-23H,7-12,17-20H2,1-6H3,(H,33,34). The second-order valence-electron chi connectivity index (χ2n) is 10.2. The zero-order chi connectivity index (χ0) is 27.7. The number of carboxylic acid groups (broad SMARTS) is 1. The molecule has 1 aliphatic rings. The quantitative estimate of drug-likeness (QED) is 0.188. The highest BCUT2D eigenvalue weighted by Crippen LogP contribution is 2.50. The van der Waals surface area contributed by atoms with Gasteiger partial charge in [0, 0.05) is 42.9 Å². The van der Waals surface area contributed by atoms with Gasteiger partial charge in [0.1, 0.15) is 11.5 Å². The van der Waals surface area contributed by atoms with E-state index in [1.54, 1.807) is 0 Å². The molecule has 1 aliphatic heterocycles. The highest BCUT2D eigenvalue weighted by atomic mass is 16.5. The Labute approximate surface area is 228 Å². The van der Waals surface area contributed by atoms with E-state index in [0.29, 0.717) is 43.1 Å². The van der Waals surface area contributed by atoms with Crippen molar-refractivity contribution in [2.75, 3.05) is 19.8 Å². The molecular formula is C32H46O6. The van der Waals surface area contributed by atoms with Crippen LogP contribution in [0.5, 0.6) is 11.5 Å². The van der Waals surface area contributed by atoms with Gasteiger partial charge in [0.2, 0.25) is 0 Å². The molecule has 0 saturated heterocycles. The summed E-state index contributed by atoms with van der Waals surface area (Å²) < 4.78 is 25.5. The summed E-state index contributed by atoms with van der Waals surface area (Å²) in [5.41, 5.74) is 4.30. The van der Waals surface area contributed by atoms with Crippen molar-refractivity contribution in [1.82, 2.24) is 0 Å². The van der Waals surface area contributed by atoms with Gasteiger partial charge in [-0.1, -0.05) is 58.2 Å². The van der Waals surface area contributed by atoms with E-state index >= 15 is 0 Å². The number of ether oxygens (including phenoxy) is 4. The van der Waals surface area contributed by atoms with E-state index in [2.05, 4.69) is 20.8 Å². The molecule has 38 heavy (non-hydrogen) atoms. The van der Waals surface area contributed by atoms with Crippen LogP contribution in [-0.2, 0) is 20.6 Å². The minimum absolute atomic E-state index is 0.268. The molecule has 0 aliphatic carbocycles. The molecule has 210 valence electrons. The maximum atomic E-state index is 13.0.